The number of hydrogen-bond donors (Lipinski definition) is 3. The van der Waals surface area contributed by atoms with E-state index in [9.17, 15) is 19.4 Å². The number of aromatic nitrogens is 2. The fourth-order valence-corrected chi connectivity index (χ4v) is 5.28. The van der Waals surface area contributed by atoms with Crippen LogP contribution in [-0.4, -0.2) is 52.7 Å². The van der Waals surface area contributed by atoms with Crippen LogP contribution in [0.2, 0.25) is 0 Å². The highest BCUT2D eigenvalue weighted by Gasteiger charge is 2.45. The van der Waals surface area contributed by atoms with Crippen LogP contribution in [0, 0.1) is 24.4 Å². The highest BCUT2D eigenvalue weighted by atomic mass is 19.1. The second-order valence-corrected chi connectivity index (χ2v) is 11.0. The Morgan fingerprint density at radius 2 is 1.83 bits per heavy atom. The van der Waals surface area contributed by atoms with E-state index in [-0.39, 0.29) is 41.8 Å². The Morgan fingerprint density at radius 3 is 2.45 bits per heavy atom. The number of methoxy groups -OCH3 is 1. The van der Waals surface area contributed by atoms with Crippen LogP contribution >= 0.6 is 0 Å². The van der Waals surface area contributed by atoms with Crippen molar-refractivity contribution in [3.05, 3.63) is 88.4 Å². The highest BCUT2D eigenvalue weighted by Crippen LogP contribution is 2.43. The second kappa shape index (κ2) is 11.0. The molecule has 1 aliphatic heterocycles. The van der Waals surface area contributed by atoms with Crippen molar-refractivity contribution in [2.24, 2.45) is 0 Å². The minimum atomic E-state index is -1.74. The number of aliphatic hydroxyl groups is 2. The summed E-state index contributed by atoms with van der Waals surface area (Å²) in [6, 6.07) is 10.6. The number of aliphatic hydroxyl groups excluding tert-OH is 1. The van der Waals surface area contributed by atoms with Crippen LogP contribution in [-0.2, 0) is 15.9 Å². The number of fused-ring (bicyclic) bond motifs is 1. The Hall–Kier alpha value is -4.06. The molecule has 0 bridgehead atoms. The molecule has 8 nitrogen and oxygen atoms in total. The number of benzene rings is 3. The van der Waals surface area contributed by atoms with Gasteiger partial charge in [0.05, 0.1) is 43.2 Å². The van der Waals surface area contributed by atoms with Crippen molar-refractivity contribution in [2.75, 3.05) is 20.3 Å². The molecule has 0 radical (unpaired) electrons. The van der Waals surface area contributed by atoms with Gasteiger partial charge in [0.15, 0.2) is 0 Å². The first kappa shape index (κ1) is 29.4. The maximum atomic E-state index is 16.4. The average molecular weight is 582 g/mol. The van der Waals surface area contributed by atoms with E-state index in [0.717, 1.165) is 18.2 Å². The van der Waals surface area contributed by atoms with Crippen molar-refractivity contribution in [1.29, 1.82) is 0 Å². The molecule has 3 N–H and O–H groups in total. The number of nitrogens with zero attached hydrogens (tertiary/aromatic N) is 2. The van der Waals surface area contributed by atoms with E-state index in [2.05, 4.69) is 15.5 Å². The molecular formula is C31H30F3N3O5. The zero-order valence-corrected chi connectivity index (χ0v) is 23.5. The van der Waals surface area contributed by atoms with Crippen LogP contribution in [0.5, 0.6) is 5.75 Å². The average Bonchev–Trinajstić information content (AvgIpc) is 3.32. The van der Waals surface area contributed by atoms with Gasteiger partial charge in [0.25, 0.3) is 5.91 Å². The highest BCUT2D eigenvalue weighted by molar-refractivity contribution is 5.99. The minimum Gasteiger partial charge on any atom is -0.494 e. The predicted octanol–water partition coefficient (Wildman–Crippen LogP) is 4.67. The van der Waals surface area contributed by atoms with Gasteiger partial charge in [0.2, 0.25) is 0 Å². The maximum Gasteiger partial charge on any atom is 0.251 e. The van der Waals surface area contributed by atoms with Crippen LogP contribution in [0.4, 0.5) is 13.2 Å². The summed E-state index contributed by atoms with van der Waals surface area (Å²) in [7, 11) is 1.44. The van der Waals surface area contributed by atoms with Gasteiger partial charge in [-0.1, -0.05) is 12.1 Å². The van der Waals surface area contributed by atoms with Crippen molar-refractivity contribution < 1.29 is 37.7 Å². The molecule has 1 amide bonds. The first-order valence-corrected chi connectivity index (χ1v) is 13.3. The molecule has 1 fully saturated rings. The number of halogens is 3. The van der Waals surface area contributed by atoms with Crippen molar-refractivity contribution in [1.82, 2.24) is 15.5 Å². The van der Waals surface area contributed by atoms with Gasteiger partial charge in [-0.3, -0.25) is 4.79 Å². The van der Waals surface area contributed by atoms with Gasteiger partial charge in [0, 0.05) is 28.5 Å². The number of hydrogen-bond acceptors (Lipinski definition) is 7. The summed E-state index contributed by atoms with van der Waals surface area (Å²) in [5, 5.41) is 32.8. The lowest BCUT2D eigenvalue weighted by molar-refractivity contribution is -0.00460. The van der Waals surface area contributed by atoms with Crippen LogP contribution in [0.25, 0.3) is 22.0 Å². The lowest BCUT2D eigenvalue weighted by Crippen LogP contribution is -2.42. The molecule has 3 aromatic carbocycles. The molecule has 4 aromatic rings. The normalized spacial score (nSPS) is 18.8. The van der Waals surface area contributed by atoms with Gasteiger partial charge in [-0.05, 0) is 62.7 Å². The predicted molar refractivity (Wildman–Crippen MR) is 148 cm³/mol. The van der Waals surface area contributed by atoms with E-state index in [1.807, 2.05) is 0 Å². The first-order chi connectivity index (χ1) is 19.8. The van der Waals surface area contributed by atoms with Gasteiger partial charge in [0.1, 0.15) is 34.3 Å². The standard InChI is InChI=1S/C31H30F3N3O5/c1-16-9-18-10-19(11-24(41-4)28(18)37-36-16)29(39)35-15-31(13-21(38)14-42-31)23-12-22(30(2,3)40)26(33)25(27(23)34)17-5-7-20(32)8-6-17/h5-12,21,38,40H,13-15H2,1-4H3,(H,35,39)/t21-,31-/m0/s1. The number of rotatable bonds is 7. The zero-order valence-electron chi connectivity index (χ0n) is 23.5. The zero-order chi connectivity index (χ0) is 30.4. The third-order valence-corrected chi connectivity index (χ3v) is 7.39. The Bertz CT molecular complexity index is 1670. The molecule has 0 aliphatic carbocycles. The van der Waals surface area contributed by atoms with Crippen molar-refractivity contribution in [3.8, 4) is 16.9 Å². The number of ether oxygens (including phenoxy) is 2. The van der Waals surface area contributed by atoms with Crippen LogP contribution in [0.1, 0.15) is 47.4 Å². The molecule has 42 heavy (non-hydrogen) atoms. The van der Waals surface area contributed by atoms with Gasteiger partial charge in [-0.2, -0.15) is 5.10 Å². The summed E-state index contributed by atoms with van der Waals surface area (Å²) in [6.45, 7) is 3.99. The summed E-state index contributed by atoms with van der Waals surface area (Å²) in [5.74, 6) is -2.84. The minimum absolute atomic E-state index is 0.0399. The van der Waals surface area contributed by atoms with Gasteiger partial charge < -0.3 is 25.0 Å². The topological polar surface area (TPSA) is 114 Å². The smallest absolute Gasteiger partial charge is 0.251 e. The third-order valence-electron chi connectivity index (χ3n) is 7.39. The van der Waals surface area contributed by atoms with E-state index < -0.39 is 46.2 Å². The number of nitrogens with one attached hydrogen (secondary N) is 1. The van der Waals surface area contributed by atoms with E-state index in [1.165, 1.54) is 39.2 Å². The number of aryl methyl sites for hydroxylation is 1. The summed E-state index contributed by atoms with van der Waals surface area (Å²) >= 11 is 0. The fraction of sp³-hybridized carbons (Fsp3) is 0.323. The molecular weight excluding hydrogens is 551 g/mol. The van der Waals surface area contributed by atoms with E-state index >= 15 is 8.78 Å². The summed E-state index contributed by atoms with van der Waals surface area (Å²) in [4.78, 5) is 13.4. The molecule has 1 aromatic heterocycles. The summed E-state index contributed by atoms with van der Waals surface area (Å²) in [5.41, 5.74) is -2.88. The summed E-state index contributed by atoms with van der Waals surface area (Å²) < 4.78 is 57.1. The Labute approximate surface area is 240 Å². The van der Waals surface area contributed by atoms with Crippen LogP contribution in [0.3, 0.4) is 0 Å². The molecule has 0 saturated carbocycles. The van der Waals surface area contributed by atoms with Gasteiger partial charge in [-0.25, -0.2) is 13.2 Å². The summed E-state index contributed by atoms with van der Waals surface area (Å²) in [6.07, 6.45) is -1.13. The maximum absolute atomic E-state index is 16.4. The lowest BCUT2D eigenvalue weighted by Gasteiger charge is -2.32. The Morgan fingerprint density at radius 1 is 1.12 bits per heavy atom. The fourth-order valence-electron chi connectivity index (χ4n) is 5.28. The molecule has 220 valence electrons. The molecule has 5 rings (SSSR count). The molecule has 2 atom stereocenters. The Balaban J connectivity index is 1.58. The molecule has 2 heterocycles. The lowest BCUT2D eigenvalue weighted by atomic mass is 9.82. The number of carbonyl (C=O) groups excluding carboxylic acids is 1. The largest absolute Gasteiger partial charge is 0.494 e. The Kier molecular flexibility index (Phi) is 7.69. The van der Waals surface area contributed by atoms with Crippen molar-refractivity contribution in [2.45, 2.75) is 44.5 Å². The monoisotopic (exact) mass is 581 g/mol. The number of carbonyl (C=O) groups is 1. The molecule has 1 saturated heterocycles. The van der Waals surface area contributed by atoms with Gasteiger partial charge >= 0.3 is 0 Å². The van der Waals surface area contributed by atoms with E-state index in [0.29, 0.717) is 22.3 Å². The first-order valence-electron chi connectivity index (χ1n) is 13.3. The molecule has 1 aliphatic rings. The second-order valence-electron chi connectivity index (χ2n) is 11.0. The molecule has 11 heteroatoms. The molecule has 0 unspecified atom stereocenters. The SMILES string of the molecule is COc1cc(C(=O)NC[C@]2(c3cc(C(C)(C)O)c(F)c(-c4ccc(F)cc4)c3F)C[C@H](O)CO2)cc2cc(C)nnc12. The number of amides is 1. The van der Waals surface area contributed by atoms with E-state index in [1.54, 1.807) is 19.1 Å². The van der Waals surface area contributed by atoms with Crippen molar-refractivity contribution >= 4 is 16.8 Å². The third kappa shape index (κ3) is 5.42. The van der Waals surface area contributed by atoms with E-state index in [4.69, 9.17) is 9.47 Å². The van der Waals surface area contributed by atoms with Gasteiger partial charge in [-0.15, -0.1) is 5.10 Å². The molecule has 0 spiro atoms. The quantitative estimate of drug-likeness (QED) is 0.291. The van der Waals surface area contributed by atoms with Crippen LogP contribution < -0.4 is 10.1 Å². The van der Waals surface area contributed by atoms with Crippen molar-refractivity contribution in [3.63, 3.8) is 0 Å². The van der Waals surface area contributed by atoms with Crippen LogP contribution in [0.15, 0.2) is 48.5 Å².